The highest BCUT2D eigenvalue weighted by atomic mass is 32.2. The van der Waals surface area contributed by atoms with Gasteiger partial charge in [0.1, 0.15) is 0 Å². The van der Waals surface area contributed by atoms with Gasteiger partial charge in [-0.25, -0.2) is 8.42 Å². The highest BCUT2D eigenvalue weighted by Gasteiger charge is 2.20. The first-order chi connectivity index (χ1) is 12.4. The maximum absolute atomic E-state index is 12.7. The van der Waals surface area contributed by atoms with Crippen LogP contribution >= 0.6 is 0 Å². The van der Waals surface area contributed by atoms with Gasteiger partial charge in [-0.3, -0.25) is 9.59 Å². The lowest BCUT2D eigenvalue weighted by Gasteiger charge is -2.21. The normalized spacial score (nSPS) is 11.7. The van der Waals surface area contributed by atoms with E-state index in [0.717, 1.165) is 6.26 Å². The third-order valence-electron chi connectivity index (χ3n) is 3.79. The van der Waals surface area contributed by atoms with E-state index >= 15 is 0 Å². The van der Waals surface area contributed by atoms with Gasteiger partial charge < -0.3 is 10.6 Å². The number of amides is 2. The maximum atomic E-state index is 12.7. The molecule has 0 bridgehead atoms. The smallest absolute Gasteiger partial charge is 0.255 e. The van der Waals surface area contributed by atoms with Crippen molar-refractivity contribution in [2.24, 2.45) is 0 Å². The molecule has 0 heterocycles. The Kier molecular flexibility index (Phi) is 5.75. The predicted octanol–water partition coefficient (Wildman–Crippen LogP) is 3.18. The van der Waals surface area contributed by atoms with Gasteiger partial charge in [-0.15, -0.1) is 0 Å². The van der Waals surface area contributed by atoms with E-state index < -0.39 is 21.3 Å². The molecule has 7 heteroatoms. The summed E-state index contributed by atoms with van der Waals surface area (Å²) >= 11 is 0. The second-order valence-electron chi connectivity index (χ2n) is 7.45. The Morgan fingerprint density at radius 1 is 0.926 bits per heavy atom. The zero-order valence-corrected chi connectivity index (χ0v) is 16.9. The average molecular weight is 388 g/mol. The van der Waals surface area contributed by atoms with Gasteiger partial charge in [0, 0.05) is 17.4 Å². The Labute approximate surface area is 159 Å². The quantitative estimate of drug-likeness (QED) is 0.841. The summed E-state index contributed by atoms with van der Waals surface area (Å²) in [5.41, 5.74) is 1.14. The molecule has 6 nitrogen and oxygen atoms in total. The van der Waals surface area contributed by atoms with Crippen molar-refractivity contribution < 1.29 is 18.0 Å². The van der Waals surface area contributed by atoms with Crippen LogP contribution in [0.15, 0.2) is 47.4 Å². The molecule has 0 saturated heterocycles. The molecule has 2 aromatic carbocycles. The van der Waals surface area contributed by atoms with Gasteiger partial charge in [0.25, 0.3) is 11.8 Å². The number of hydrogen-bond donors (Lipinski definition) is 2. The van der Waals surface area contributed by atoms with Gasteiger partial charge >= 0.3 is 0 Å². The molecule has 0 fully saturated rings. The lowest BCUT2D eigenvalue weighted by molar-refractivity contribution is 0.0920. The summed E-state index contributed by atoms with van der Waals surface area (Å²) in [7, 11) is -3.43. The molecule has 2 aromatic rings. The fraction of sp³-hybridized carbons (Fsp3) is 0.300. The van der Waals surface area contributed by atoms with Crippen LogP contribution in [0.1, 0.15) is 47.1 Å². The number of nitrogens with one attached hydrogen (secondary N) is 2. The summed E-state index contributed by atoms with van der Waals surface area (Å²) < 4.78 is 23.5. The summed E-state index contributed by atoms with van der Waals surface area (Å²) in [4.78, 5) is 25.3. The van der Waals surface area contributed by atoms with Gasteiger partial charge in [-0.2, -0.15) is 0 Å². The van der Waals surface area contributed by atoms with E-state index in [1.54, 1.807) is 37.3 Å². The lowest BCUT2D eigenvalue weighted by atomic mass is 10.1. The van der Waals surface area contributed by atoms with Crippen molar-refractivity contribution in [3.05, 3.63) is 59.2 Å². The molecule has 144 valence electrons. The van der Waals surface area contributed by atoms with Crippen LogP contribution in [0, 0.1) is 6.92 Å². The molecule has 2 amide bonds. The van der Waals surface area contributed by atoms with Crippen molar-refractivity contribution in [2.75, 3.05) is 11.6 Å². The lowest BCUT2D eigenvalue weighted by Crippen LogP contribution is -2.40. The third kappa shape index (κ3) is 5.40. The number of carbonyl (C=O) groups excluding carboxylic acids is 2. The van der Waals surface area contributed by atoms with Crippen molar-refractivity contribution in [3.8, 4) is 0 Å². The molecule has 0 aliphatic carbocycles. The Morgan fingerprint density at radius 3 is 2.15 bits per heavy atom. The van der Waals surface area contributed by atoms with Crippen LogP contribution in [-0.4, -0.2) is 32.0 Å². The van der Waals surface area contributed by atoms with Crippen molar-refractivity contribution in [1.29, 1.82) is 0 Å². The molecule has 2 N–H and O–H groups in total. The van der Waals surface area contributed by atoms with Crippen LogP contribution in [0.4, 0.5) is 5.69 Å². The van der Waals surface area contributed by atoms with Crippen LogP contribution in [0.2, 0.25) is 0 Å². The zero-order valence-electron chi connectivity index (χ0n) is 16.1. The number of benzene rings is 2. The van der Waals surface area contributed by atoms with Gasteiger partial charge in [0.2, 0.25) is 0 Å². The number of anilines is 1. The van der Waals surface area contributed by atoms with Crippen molar-refractivity contribution in [3.63, 3.8) is 0 Å². The standard InChI is InChI=1S/C20H24N2O4S/c1-13-10-11-14(27(5,25)26)12-16(13)18(23)21-17-9-7-6-8-15(17)19(24)22-20(2,3)4/h6-12H,1-5H3,(H,21,23)(H,22,24). The number of aryl methyl sites for hydroxylation is 1. The monoisotopic (exact) mass is 388 g/mol. The van der Waals surface area contributed by atoms with Crippen molar-refractivity contribution in [1.82, 2.24) is 5.32 Å². The van der Waals surface area contributed by atoms with Crippen LogP contribution in [0.3, 0.4) is 0 Å². The van der Waals surface area contributed by atoms with Crippen LogP contribution in [0.25, 0.3) is 0 Å². The van der Waals surface area contributed by atoms with E-state index in [1.165, 1.54) is 12.1 Å². The first kappa shape index (κ1) is 20.6. The van der Waals surface area contributed by atoms with Gasteiger partial charge in [0.15, 0.2) is 9.84 Å². The van der Waals surface area contributed by atoms with Crippen LogP contribution < -0.4 is 10.6 Å². The summed E-state index contributed by atoms with van der Waals surface area (Å²) in [6.45, 7) is 7.32. The van der Waals surface area contributed by atoms with E-state index in [2.05, 4.69) is 10.6 Å². The van der Waals surface area contributed by atoms with E-state index in [0.29, 0.717) is 16.8 Å². The molecular formula is C20H24N2O4S. The Balaban J connectivity index is 2.36. The molecule has 0 atom stereocenters. The highest BCUT2D eigenvalue weighted by molar-refractivity contribution is 7.90. The summed E-state index contributed by atoms with van der Waals surface area (Å²) in [5.74, 6) is -0.783. The topological polar surface area (TPSA) is 92.3 Å². The molecule has 27 heavy (non-hydrogen) atoms. The molecule has 0 aliphatic heterocycles. The minimum absolute atomic E-state index is 0.0667. The average Bonchev–Trinajstić information content (AvgIpc) is 2.52. The molecule has 0 aliphatic rings. The predicted molar refractivity (Wildman–Crippen MR) is 106 cm³/mol. The number of rotatable bonds is 4. The number of carbonyl (C=O) groups is 2. The third-order valence-corrected chi connectivity index (χ3v) is 4.90. The molecule has 0 unspecified atom stereocenters. The minimum Gasteiger partial charge on any atom is -0.347 e. The highest BCUT2D eigenvalue weighted by Crippen LogP contribution is 2.20. The Hall–Kier alpha value is -2.67. The first-order valence-corrected chi connectivity index (χ1v) is 10.3. The summed E-state index contributed by atoms with van der Waals surface area (Å²) in [6.07, 6.45) is 1.09. The molecular weight excluding hydrogens is 364 g/mol. The number of sulfone groups is 1. The van der Waals surface area contributed by atoms with Gasteiger partial charge in [0.05, 0.1) is 16.1 Å². The fourth-order valence-corrected chi connectivity index (χ4v) is 3.11. The SMILES string of the molecule is Cc1ccc(S(C)(=O)=O)cc1C(=O)Nc1ccccc1C(=O)NC(C)(C)C. The minimum atomic E-state index is -3.43. The van der Waals surface area contributed by atoms with Gasteiger partial charge in [-0.05, 0) is 57.5 Å². The molecule has 0 radical (unpaired) electrons. The Morgan fingerprint density at radius 2 is 1.56 bits per heavy atom. The van der Waals surface area contributed by atoms with E-state index in [1.807, 2.05) is 20.8 Å². The van der Waals surface area contributed by atoms with E-state index in [-0.39, 0.29) is 16.4 Å². The summed E-state index contributed by atoms with van der Waals surface area (Å²) in [6, 6.07) is 11.1. The van der Waals surface area contributed by atoms with Crippen LogP contribution in [-0.2, 0) is 9.84 Å². The second kappa shape index (κ2) is 7.52. The van der Waals surface area contributed by atoms with Crippen molar-refractivity contribution >= 4 is 27.3 Å². The largest absolute Gasteiger partial charge is 0.347 e. The van der Waals surface area contributed by atoms with E-state index in [4.69, 9.17) is 0 Å². The fourth-order valence-electron chi connectivity index (χ4n) is 2.46. The van der Waals surface area contributed by atoms with Crippen LogP contribution in [0.5, 0.6) is 0 Å². The van der Waals surface area contributed by atoms with Crippen molar-refractivity contribution in [2.45, 2.75) is 38.1 Å². The molecule has 0 aromatic heterocycles. The molecule has 0 saturated carbocycles. The van der Waals surface area contributed by atoms with E-state index in [9.17, 15) is 18.0 Å². The summed E-state index contributed by atoms with van der Waals surface area (Å²) in [5, 5.41) is 5.58. The zero-order chi connectivity index (χ0) is 20.4. The maximum Gasteiger partial charge on any atom is 0.255 e. The Bertz CT molecular complexity index is 989. The number of para-hydroxylation sites is 1. The second-order valence-corrected chi connectivity index (χ2v) is 9.47. The molecule has 0 spiro atoms. The molecule has 2 rings (SSSR count). The number of hydrogen-bond acceptors (Lipinski definition) is 4. The van der Waals surface area contributed by atoms with Gasteiger partial charge in [-0.1, -0.05) is 18.2 Å². The first-order valence-electron chi connectivity index (χ1n) is 8.42.